The van der Waals surface area contributed by atoms with E-state index in [1.54, 1.807) is 21.6 Å². The number of alkyl carbamates (subject to hydrolysis) is 1. The van der Waals surface area contributed by atoms with Crippen molar-refractivity contribution in [3.63, 3.8) is 0 Å². The lowest BCUT2D eigenvalue weighted by Gasteiger charge is -2.27. The van der Waals surface area contributed by atoms with E-state index in [1.165, 1.54) is 6.92 Å². The summed E-state index contributed by atoms with van der Waals surface area (Å²) in [4.78, 5) is 49.9. The van der Waals surface area contributed by atoms with Gasteiger partial charge < -0.3 is 25.0 Å². The van der Waals surface area contributed by atoms with Crippen molar-refractivity contribution in [3.05, 3.63) is 0 Å². The van der Waals surface area contributed by atoms with Crippen molar-refractivity contribution in [3.8, 4) is 0 Å². The molecule has 0 aliphatic carbocycles. The molecule has 0 atom stereocenters. The van der Waals surface area contributed by atoms with E-state index in [4.69, 9.17) is 9.84 Å². The van der Waals surface area contributed by atoms with Gasteiger partial charge in [-0.1, -0.05) is 13.3 Å². The van der Waals surface area contributed by atoms with E-state index in [0.29, 0.717) is 51.3 Å². The highest BCUT2D eigenvalue weighted by atomic mass is 32.2. The number of aliphatic carboxylic acids is 1. The molecule has 0 spiro atoms. The first kappa shape index (κ1) is 30.0. The molecule has 0 unspecified atom stereocenters. The first-order chi connectivity index (χ1) is 15.0. The molecule has 0 rings (SSSR count). The standard InChI is InChI=1S/C22H41N3O6S/c1-6-19(27)25(15-17-32-16-11-23-21(30)31-22(3,4)5)14-13-24(18(2)26)12-9-7-8-10-20(28)29/h6-17H2,1-5H3,(H,23,30)(H,28,29). The van der Waals surface area contributed by atoms with Crippen molar-refractivity contribution in [1.82, 2.24) is 15.1 Å². The third-order valence-corrected chi connectivity index (χ3v) is 5.44. The number of carboxylic acid groups (broad SMARTS) is 1. The number of nitrogens with one attached hydrogen (secondary N) is 1. The lowest BCUT2D eigenvalue weighted by atomic mass is 10.2. The van der Waals surface area contributed by atoms with Gasteiger partial charge in [-0.25, -0.2) is 4.79 Å². The number of unbranched alkanes of at least 4 members (excludes halogenated alkanes) is 2. The van der Waals surface area contributed by atoms with Crippen LogP contribution in [0.15, 0.2) is 0 Å². The summed E-state index contributed by atoms with van der Waals surface area (Å²) in [6.45, 7) is 11.3. The SMILES string of the molecule is CCC(=O)N(CCSCCNC(=O)OC(C)(C)C)CCN(CCCCCC(=O)O)C(C)=O. The van der Waals surface area contributed by atoms with Gasteiger partial charge in [0.05, 0.1) is 0 Å². The van der Waals surface area contributed by atoms with Crippen LogP contribution in [0.3, 0.4) is 0 Å². The fraction of sp³-hybridized carbons (Fsp3) is 0.818. The monoisotopic (exact) mass is 475 g/mol. The van der Waals surface area contributed by atoms with Gasteiger partial charge in [0.25, 0.3) is 0 Å². The molecule has 0 bridgehead atoms. The first-order valence-electron chi connectivity index (χ1n) is 11.3. The third-order valence-electron chi connectivity index (χ3n) is 4.48. The second-order valence-electron chi connectivity index (χ2n) is 8.49. The summed E-state index contributed by atoms with van der Waals surface area (Å²) in [6, 6.07) is 0. The van der Waals surface area contributed by atoms with E-state index < -0.39 is 17.7 Å². The quantitative estimate of drug-likeness (QED) is 0.330. The average Bonchev–Trinajstić information content (AvgIpc) is 2.68. The van der Waals surface area contributed by atoms with Crippen LogP contribution in [0.25, 0.3) is 0 Å². The molecule has 0 aromatic heterocycles. The molecule has 0 saturated carbocycles. The Morgan fingerprint density at radius 3 is 2.16 bits per heavy atom. The van der Waals surface area contributed by atoms with Crippen LogP contribution >= 0.6 is 11.8 Å². The lowest BCUT2D eigenvalue weighted by Crippen LogP contribution is -2.41. The highest BCUT2D eigenvalue weighted by molar-refractivity contribution is 7.99. The zero-order valence-electron chi connectivity index (χ0n) is 20.3. The van der Waals surface area contributed by atoms with E-state index in [0.717, 1.165) is 18.6 Å². The van der Waals surface area contributed by atoms with Crippen molar-refractivity contribution >= 4 is 35.6 Å². The Balaban J connectivity index is 4.28. The Hall–Kier alpha value is -1.97. The Labute approximate surface area is 196 Å². The summed E-state index contributed by atoms with van der Waals surface area (Å²) in [5.74, 6) is 0.637. The molecule has 0 aliphatic rings. The minimum Gasteiger partial charge on any atom is -0.481 e. The van der Waals surface area contributed by atoms with E-state index in [9.17, 15) is 19.2 Å². The van der Waals surface area contributed by atoms with Crippen LogP contribution < -0.4 is 5.32 Å². The van der Waals surface area contributed by atoms with Gasteiger partial charge in [-0.05, 0) is 33.6 Å². The molecule has 2 N–H and O–H groups in total. The van der Waals surface area contributed by atoms with Crippen LogP contribution in [0.1, 0.15) is 66.7 Å². The van der Waals surface area contributed by atoms with Crippen LogP contribution in [-0.2, 0) is 19.1 Å². The van der Waals surface area contributed by atoms with Gasteiger partial charge in [0.15, 0.2) is 0 Å². The molecule has 0 aromatic rings. The van der Waals surface area contributed by atoms with Gasteiger partial charge in [-0.2, -0.15) is 11.8 Å². The van der Waals surface area contributed by atoms with Crippen molar-refractivity contribution in [2.75, 3.05) is 44.2 Å². The van der Waals surface area contributed by atoms with Gasteiger partial charge in [-0.3, -0.25) is 14.4 Å². The summed E-state index contributed by atoms with van der Waals surface area (Å²) in [5.41, 5.74) is -0.523. The first-order valence-corrected chi connectivity index (χ1v) is 12.4. The van der Waals surface area contributed by atoms with Crippen LogP contribution in [0.4, 0.5) is 4.79 Å². The Morgan fingerprint density at radius 2 is 1.59 bits per heavy atom. The molecule has 10 heteroatoms. The minimum atomic E-state index is -0.805. The maximum atomic E-state index is 12.3. The zero-order chi connectivity index (χ0) is 24.6. The summed E-state index contributed by atoms with van der Waals surface area (Å²) in [6.07, 6.45) is 2.20. The van der Waals surface area contributed by atoms with Crippen molar-refractivity contribution in [2.45, 2.75) is 72.3 Å². The summed E-state index contributed by atoms with van der Waals surface area (Å²) >= 11 is 1.64. The fourth-order valence-electron chi connectivity index (χ4n) is 2.82. The molecule has 0 saturated heterocycles. The number of carbonyl (C=O) groups is 4. The van der Waals surface area contributed by atoms with Crippen molar-refractivity contribution in [1.29, 1.82) is 0 Å². The van der Waals surface area contributed by atoms with Crippen molar-refractivity contribution in [2.24, 2.45) is 0 Å². The highest BCUT2D eigenvalue weighted by Gasteiger charge is 2.16. The second-order valence-corrected chi connectivity index (χ2v) is 9.71. The normalized spacial score (nSPS) is 11.0. The number of hydrogen-bond donors (Lipinski definition) is 2. The molecular weight excluding hydrogens is 434 g/mol. The van der Waals surface area contributed by atoms with E-state index in [1.807, 2.05) is 27.7 Å². The second kappa shape index (κ2) is 16.6. The largest absolute Gasteiger partial charge is 0.481 e. The lowest BCUT2D eigenvalue weighted by molar-refractivity contribution is -0.137. The fourth-order valence-corrected chi connectivity index (χ4v) is 3.62. The van der Waals surface area contributed by atoms with Gasteiger partial charge in [-0.15, -0.1) is 0 Å². The molecule has 0 heterocycles. The Morgan fingerprint density at radius 1 is 0.938 bits per heavy atom. The van der Waals surface area contributed by atoms with Crippen molar-refractivity contribution < 1.29 is 29.0 Å². The molecule has 0 fully saturated rings. The average molecular weight is 476 g/mol. The Kier molecular flexibility index (Phi) is 15.6. The smallest absolute Gasteiger partial charge is 0.407 e. The van der Waals surface area contributed by atoms with Gasteiger partial charge in [0.1, 0.15) is 5.60 Å². The minimum absolute atomic E-state index is 0.0439. The number of thioether (sulfide) groups is 1. The highest BCUT2D eigenvalue weighted by Crippen LogP contribution is 2.08. The number of hydrogen-bond acceptors (Lipinski definition) is 6. The van der Waals surface area contributed by atoms with Crippen LogP contribution in [0.5, 0.6) is 0 Å². The molecule has 9 nitrogen and oxygen atoms in total. The van der Waals surface area contributed by atoms with Gasteiger partial charge >= 0.3 is 12.1 Å². The molecule has 32 heavy (non-hydrogen) atoms. The van der Waals surface area contributed by atoms with E-state index in [2.05, 4.69) is 5.32 Å². The third kappa shape index (κ3) is 16.7. The number of nitrogens with zero attached hydrogens (tertiary/aromatic N) is 2. The maximum Gasteiger partial charge on any atom is 0.407 e. The summed E-state index contributed by atoms with van der Waals surface area (Å²) < 4.78 is 5.18. The number of rotatable bonds is 16. The van der Waals surface area contributed by atoms with Crippen LogP contribution in [0.2, 0.25) is 0 Å². The Bertz CT molecular complexity index is 595. The molecule has 3 amide bonds. The predicted octanol–water partition coefficient (Wildman–Crippen LogP) is 2.98. The molecule has 0 aromatic carbocycles. The number of ether oxygens (including phenoxy) is 1. The molecule has 0 aliphatic heterocycles. The number of amides is 3. The molecular formula is C22H41N3O6S. The number of carbonyl (C=O) groups excluding carboxylic acids is 3. The van der Waals surface area contributed by atoms with Crippen LogP contribution in [-0.4, -0.2) is 88.6 Å². The van der Waals surface area contributed by atoms with Gasteiger partial charge in [0.2, 0.25) is 11.8 Å². The predicted molar refractivity (Wildman–Crippen MR) is 127 cm³/mol. The molecule has 0 radical (unpaired) electrons. The molecule has 186 valence electrons. The summed E-state index contributed by atoms with van der Waals surface area (Å²) in [7, 11) is 0. The zero-order valence-corrected chi connectivity index (χ0v) is 21.1. The van der Waals surface area contributed by atoms with E-state index >= 15 is 0 Å². The van der Waals surface area contributed by atoms with Gasteiger partial charge in [0, 0.05) is 64.0 Å². The summed E-state index contributed by atoms with van der Waals surface area (Å²) in [5, 5.41) is 11.4. The topological polar surface area (TPSA) is 116 Å². The number of carboxylic acids is 1. The maximum absolute atomic E-state index is 12.3. The van der Waals surface area contributed by atoms with Crippen LogP contribution in [0, 0.1) is 0 Å². The van der Waals surface area contributed by atoms with E-state index in [-0.39, 0.29) is 18.2 Å².